The van der Waals surface area contributed by atoms with Gasteiger partial charge < -0.3 is 5.32 Å². The summed E-state index contributed by atoms with van der Waals surface area (Å²) in [7, 11) is 0. The van der Waals surface area contributed by atoms with Crippen molar-refractivity contribution in [3.63, 3.8) is 0 Å². The quantitative estimate of drug-likeness (QED) is 0.933. The standard InChI is InChI=1S/C14H12BrFN2O/c1-2-9-3-6-13(17-8-9)18-14(19)11-5-4-10(15)7-12(11)16/h3-8H,2H2,1H3,(H,17,18,19). The molecule has 19 heavy (non-hydrogen) atoms. The Morgan fingerprint density at radius 3 is 2.74 bits per heavy atom. The lowest BCUT2D eigenvalue weighted by Crippen LogP contribution is -2.14. The normalized spacial score (nSPS) is 10.3. The molecular formula is C14H12BrFN2O. The summed E-state index contributed by atoms with van der Waals surface area (Å²) in [6, 6.07) is 7.87. The molecule has 1 heterocycles. The molecule has 0 unspecified atom stereocenters. The summed E-state index contributed by atoms with van der Waals surface area (Å²) in [5, 5.41) is 2.56. The number of benzene rings is 1. The molecule has 2 aromatic rings. The minimum atomic E-state index is -0.572. The Kier molecular flexibility index (Phi) is 4.27. The second-order valence-corrected chi connectivity index (χ2v) is 4.90. The van der Waals surface area contributed by atoms with E-state index in [1.165, 1.54) is 12.1 Å². The first-order valence-corrected chi connectivity index (χ1v) is 6.60. The van der Waals surface area contributed by atoms with Crippen LogP contribution in [0.25, 0.3) is 0 Å². The number of aromatic nitrogens is 1. The first-order valence-electron chi connectivity index (χ1n) is 5.81. The highest BCUT2D eigenvalue weighted by Gasteiger charge is 2.12. The van der Waals surface area contributed by atoms with Crippen molar-refractivity contribution >= 4 is 27.7 Å². The molecule has 2 rings (SSSR count). The Balaban J connectivity index is 2.15. The van der Waals surface area contributed by atoms with Crippen molar-refractivity contribution in [3.8, 4) is 0 Å². The van der Waals surface area contributed by atoms with Crippen LogP contribution in [0.15, 0.2) is 41.0 Å². The van der Waals surface area contributed by atoms with Crippen LogP contribution in [0.4, 0.5) is 10.2 Å². The highest BCUT2D eigenvalue weighted by atomic mass is 79.9. The lowest BCUT2D eigenvalue weighted by Gasteiger charge is -2.06. The fourth-order valence-corrected chi connectivity index (χ4v) is 1.90. The molecule has 1 aromatic heterocycles. The molecule has 1 N–H and O–H groups in total. The second kappa shape index (κ2) is 5.93. The van der Waals surface area contributed by atoms with Crippen molar-refractivity contribution in [2.75, 3.05) is 5.32 Å². The SMILES string of the molecule is CCc1ccc(NC(=O)c2ccc(Br)cc2F)nc1. The summed E-state index contributed by atoms with van der Waals surface area (Å²) in [6.07, 6.45) is 2.57. The van der Waals surface area contributed by atoms with Crippen LogP contribution in [0.1, 0.15) is 22.8 Å². The Bertz CT molecular complexity index is 599. The number of aryl methyl sites for hydroxylation is 1. The van der Waals surface area contributed by atoms with E-state index in [2.05, 4.69) is 26.2 Å². The highest BCUT2D eigenvalue weighted by Crippen LogP contribution is 2.16. The van der Waals surface area contributed by atoms with Gasteiger partial charge in [-0.2, -0.15) is 0 Å². The maximum absolute atomic E-state index is 13.6. The molecule has 0 fully saturated rings. The second-order valence-electron chi connectivity index (χ2n) is 3.98. The molecule has 0 atom stereocenters. The van der Waals surface area contributed by atoms with E-state index < -0.39 is 11.7 Å². The number of pyridine rings is 1. The Morgan fingerprint density at radius 2 is 2.16 bits per heavy atom. The average molecular weight is 323 g/mol. The molecule has 0 radical (unpaired) electrons. The van der Waals surface area contributed by atoms with Gasteiger partial charge in [-0.15, -0.1) is 0 Å². The number of carbonyl (C=O) groups excluding carboxylic acids is 1. The third-order valence-corrected chi connectivity index (χ3v) is 3.14. The zero-order valence-corrected chi connectivity index (χ0v) is 11.9. The van der Waals surface area contributed by atoms with Crippen molar-refractivity contribution in [2.45, 2.75) is 13.3 Å². The van der Waals surface area contributed by atoms with E-state index in [1.807, 2.05) is 13.0 Å². The lowest BCUT2D eigenvalue weighted by atomic mass is 10.2. The molecule has 3 nitrogen and oxygen atoms in total. The fraction of sp³-hybridized carbons (Fsp3) is 0.143. The number of carbonyl (C=O) groups is 1. The number of amides is 1. The molecule has 5 heteroatoms. The summed E-state index contributed by atoms with van der Waals surface area (Å²) in [4.78, 5) is 16.0. The molecule has 1 amide bonds. The summed E-state index contributed by atoms with van der Waals surface area (Å²) >= 11 is 3.14. The minimum absolute atomic E-state index is 0.00966. The van der Waals surface area contributed by atoms with Crippen molar-refractivity contribution in [2.24, 2.45) is 0 Å². The summed E-state index contributed by atoms with van der Waals surface area (Å²) < 4.78 is 14.2. The van der Waals surface area contributed by atoms with Crippen molar-refractivity contribution in [1.29, 1.82) is 0 Å². The number of rotatable bonds is 3. The van der Waals surface area contributed by atoms with E-state index in [0.717, 1.165) is 12.0 Å². The number of halogens is 2. The molecular weight excluding hydrogens is 311 g/mol. The maximum Gasteiger partial charge on any atom is 0.259 e. The predicted octanol–water partition coefficient (Wildman–Crippen LogP) is 3.80. The Morgan fingerprint density at radius 1 is 1.37 bits per heavy atom. The van der Waals surface area contributed by atoms with E-state index in [0.29, 0.717) is 10.3 Å². The number of anilines is 1. The third-order valence-electron chi connectivity index (χ3n) is 2.65. The molecule has 0 aliphatic heterocycles. The minimum Gasteiger partial charge on any atom is -0.306 e. The number of nitrogens with one attached hydrogen (secondary N) is 1. The lowest BCUT2D eigenvalue weighted by molar-refractivity contribution is 0.102. The molecule has 0 saturated heterocycles. The smallest absolute Gasteiger partial charge is 0.259 e. The van der Waals surface area contributed by atoms with Crippen LogP contribution in [0.3, 0.4) is 0 Å². The van der Waals surface area contributed by atoms with E-state index in [4.69, 9.17) is 0 Å². The summed E-state index contributed by atoms with van der Waals surface area (Å²) in [6.45, 7) is 2.02. The van der Waals surface area contributed by atoms with Gasteiger partial charge in [-0.1, -0.05) is 28.9 Å². The van der Waals surface area contributed by atoms with Gasteiger partial charge in [-0.05, 0) is 36.2 Å². The molecule has 0 saturated carbocycles. The van der Waals surface area contributed by atoms with Crippen molar-refractivity contribution in [1.82, 2.24) is 4.98 Å². The Labute approximate surface area is 119 Å². The van der Waals surface area contributed by atoms with Gasteiger partial charge in [0.15, 0.2) is 0 Å². The van der Waals surface area contributed by atoms with Crippen LogP contribution < -0.4 is 5.32 Å². The van der Waals surface area contributed by atoms with E-state index >= 15 is 0 Å². The largest absolute Gasteiger partial charge is 0.306 e. The first kappa shape index (κ1) is 13.7. The topological polar surface area (TPSA) is 42.0 Å². The van der Waals surface area contributed by atoms with Crippen LogP contribution in [-0.2, 0) is 6.42 Å². The van der Waals surface area contributed by atoms with Crippen LogP contribution in [0.2, 0.25) is 0 Å². The predicted molar refractivity (Wildman–Crippen MR) is 75.7 cm³/mol. The summed E-state index contributed by atoms with van der Waals surface area (Å²) in [5.41, 5.74) is 1.07. The van der Waals surface area contributed by atoms with Crippen molar-refractivity contribution < 1.29 is 9.18 Å². The van der Waals surface area contributed by atoms with Crippen LogP contribution in [0, 0.1) is 5.82 Å². The van der Waals surface area contributed by atoms with Crippen LogP contribution in [-0.4, -0.2) is 10.9 Å². The van der Waals surface area contributed by atoms with Gasteiger partial charge in [0.25, 0.3) is 5.91 Å². The monoisotopic (exact) mass is 322 g/mol. The van der Waals surface area contributed by atoms with E-state index in [1.54, 1.807) is 18.3 Å². The first-order chi connectivity index (χ1) is 9.10. The van der Waals surface area contributed by atoms with Crippen molar-refractivity contribution in [3.05, 3.63) is 57.9 Å². The average Bonchev–Trinajstić information content (AvgIpc) is 2.39. The van der Waals surface area contributed by atoms with Crippen LogP contribution in [0.5, 0.6) is 0 Å². The highest BCUT2D eigenvalue weighted by molar-refractivity contribution is 9.10. The zero-order chi connectivity index (χ0) is 13.8. The molecule has 1 aromatic carbocycles. The van der Waals surface area contributed by atoms with Gasteiger partial charge in [0.2, 0.25) is 0 Å². The third kappa shape index (κ3) is 3.38. The molecule has 0 bridgehead atoms. The Hall–Kier alpha value is -1.75. The van der Waals surface area contributed by atoms with Gasteiger partial charge >= 0.3 is 0 Å². The van der Waals surface area contributed by atoms with E-state index in [9.17, 15) is 9.18 Å². The maximum atomic E-state index is 13.6. The van der Waals surface area contributed by atoms with Gasteiger partial charge in [0.05, 0.1) is 5.56 Å². The molecule has 0 aliphatic carbocycles. The molecule has 0 spiro atoms. The van der Waals surface area contributed by atoms with Gasteiger partial charge in [-0.25, -0.2) is 9.37 Å². The molecule has 98 valence electrons. The number of hydrogen-bond donors (Lipinski definition) is 1. The van der Waals surface area contributed by atoms with Gasteiger partial charge in [0, 0.05) is 10.7 Å². The van der Waals surface area contributed by atoms with E-state index in [-0.39, 0.29) is 5.56 Å². The number of nitrogens with zero attached hydrogens (tertiary/aromatic N) is 1. The van der Waals surface area contributed by atoms with Gasteiger partial charge in [0.1, 0.15) is 11.6 Å². The van der Waals surface area contributed by atoms with Crippen LogP contribution >= 0.6 is 15.9 Å². The van der Waals surface area contributed by atoms with Gasteiger partial charge in [-0.3, -0.25) is 4.79 Å². The fourth-order valence-electron chi connectivity index (χ4n) is 1.56. The summed E-state index contributed by atoms with van der Waals surface area (Å²) in [5.74, 6) is -0.677. The zero-order valence-electron chi connectivity index (χ0n) is 10.3. The number of hydrogen-bond acceptors (Lipinski definition) is 2. The molecule has 0 aliphatic rings.